The van der Waals surface area contributed by atoms with Crippen molar-refractivity contribution in [1.29, 1.82) is 0 Å². The van der Waals surface area contributed by atoms with E-state index in [-0.39, 0.29) is 5.91 Å². The third-order valence-corrected chi connectivity index (χ3v) is 5.86. The predicted molar refractivity (Wildman–Crippen MR) is 116 cm³/mol. The normalized spacial score (nSPS) is 14.1. The summed E-state index contributed by atoms with van der Waals surface area (Å²) in [5.41, 5.74) is 3.53. The van der Waals surface area contributed by atoms with Crippen molar-refractivity contribution in [2.45, 2.75) is 31.1 Å². The van der Waals surface area contributed by atoms with E-state index in [2.05, 4.69) is 11.1 Å². The summed E-state index contributed by atoms with van der Waals surface area (Å²) in [4.78, 5) is 31.9. The van der Waals surface area contributed by atoms with Crippen LogP contribution in [0.2, 0.25) is 0 Å². The third-order valence-electron chi connectivity index (χ3n) is 5.21. The van der Waals surface area contributed by atoms with Crippen LogP contribution in [0.3, 0.4) is 0 Å². The van der Waals surface area contributed by atoms with E-state index in [0.29, 0.717) is 23.9 Å². The maximum Gasteiger partial charge on any atom is 0.357 e. The lowest BCUT2D eigenvalue weighted by Crippen LogP contribution is -2.42. The molecule has 0 fully saturated rings. The first kappa shape index (κ1) is 20.2. The van der Waals surface area contributed by atoms with Gasteiger partial charge in [-0.25, -0.2) is 9.78 Å². The average Bonchev–Trinajstić information content (AvgIpc) is 3.23. The minimum Gasteiger partial charge on any atom is -0.448 e. The van der Waals surface area contributed by atoms with Crippen LogP contribution in [0, 0.1) is 0 Å². The zero-order valence-electron chi connectivity index (χ0n) is 16.9. The van der Waals surface area contributed by atoms with Crippen LogP contribution in [0.15, 0.2) is 66.0 Å². The second kappa shape index (κ2) is 8.75. The molecule has 0 radical (unpaired) electrons. The number of carbonyl (C=O) groups is 2. The molecule has 0 unspecified atom stereocenters. The van der Waals surface area contributed by atoms with E-state index >= 15 is 0 Å². The smallest absolute Gasteiger partial charge is 0.357 e. The van der Waals surface area contributed by atoms with Gasteiger partial charge in [-0.05, 0) is 42.9 Å². The highest BCUT2D eigenvalue weighted by atomic mass is 32.2. The number of rotatable bonds is 5. The largest absolute Gasteiger partial charge is 0.448 e. The van der Waals surface area contributed by atoms with Gasteiger partial charge in [-0.1, -0.05) is 54.2 Å². The average molecular weight is 422 g/mol. The van der Waals surface area contributed by atoms with Crippen LogP contribution in [0.4, 0.5) is 0 Å². The van der Waals surface area contributed by atoms with Gasteiger partial charge in [0.2, 0.25) is 0 Å². The zero-order chi connectivity index (χ0) is 21.1. The molecule has 1 amide bonds. The number of carbonyl (C=O) groups excluding carboxylic acids is 2. The Bertz CT molecular complexity index is 1060. The van der Waals surface area contributed by atoms with Gasteiger partial charge in [-0.2, -0.15) is 0 Å². The Hall–Kier alpha value is -3.06. The standard InChI is InChI=1S/C23H23N3O3S/c1-16(21(27)25-13-12-17-8-6-7-9-18(17)15-25)29-22(28)20-14-24-23(30-2)26(20)19-10-4-3-5-11-19/h3-11,14,16H,12-13,15H2,1-2H3/t16-/m0/s1. The number of hydrogen-bond acceptors (Lipinski definition) is 5. The van der Waals surface area contributed by atoms with Gasteiger partial charge < -0.3 is 9.64 Å². The summed E-state index contributed by atoms with van der Waals surface area (Å²) in [5.74, 6) is -0.751. The van der Waals surface area contributed by atoms with Gasteiger partial charge in [0.15, 0.2) is 17.0 Å². The van der Waals surface area contributed by atoms with Gasteiger partial charge in [-0.3, -0.25) is 9.36 Å². The van der Waals surface area contributed by atoms with Crippen LogP contribution in [-0.2, 0) is 22.5 Å². The van der Waals surface area contributed by atoms with Crippen LogP contribution in [0.5, 0.6) is 0 Å². The fourth-order valence-corrected chi connectivity index (χ4v) is 4.21. The number of thioether (sulfide) groups is 1. The van der Waals surface area contributed by atoms with Crippen molar-refractivity contribution >= 4 is 23.6 Å². The number of ether oxygens (including phenoxy) is 1. The number of hydrogen-bond donors (Lipinski definition) is 0. The lowest BCUT2D eigenvalue weighted by Gasteiger charge is -2.30. The Morgan fingerprint density at radius 2 is 1.77 bits per heavy atom. The van der Waals surface area contributed by atoms with Gasteiger partial charge in [0.1, 0.15) is 0 Å². The van der Waals surface area contributed by atoms with E-state index in [1.165, 1.54) is 23.5 Å². The van der Waals surface area contributed by atoms with E-state index in [0.717, 1.165) is 17.7 Å². The molecular weight excluding hydrogens is 398 g/mol. The second-order valence-electron chi connectivity index (χ2n) is 7.13. The molecule has 7 heteroatoms. The Kier molecular flexibility index (Phi) is 5.90. The monoisotopic (exact) mass is 421 g/mol. The number of fused-ring (bicyclic) bond motifs is 1. The number of amides is 1. The Labute approximate surface area is 179 Å². The molecule has 0 saturated heterocycles. The number of imidazole rings is 1. The lowest BCUT2D eigenvalue weighted by molar-refractivity contribution is -0.140. The molecule has 0 saturated carbocycles. The molecule has 2 aromatic carbocycles. The molecule has 0 N–H and O–H groups in total. The second-order valence-corrected chi connectivity index (χ2v) is 7.90. The molecule has 3 aromatic rings. The maximum absolute atomic E-state index is 12.9. The summed E-state index contributed by atoms with van der Waals surface area (Å²) >= 11 is 1.44. The summed E-state index contributed by atoms with van der Waals surface area (Å²) in [5, 5.41) is 0.680. The quantitative estimate of drug-likeness (QED) is 0.464. The fourth-order valence-electron chi connectivity index (χ4n) is 3.66. The third kappa shape index (κ3) is 3.98. The molecule has 154 valence electrons. The van der Waals surface area contributed by atoms with Crippen molar-refractivity contribution in [3.05, 3.63) is 77.6 Å². The predicted octanol–water partition coefficient (Wildman–Crippen LogP) is 3.72. The van der Waals surface area contributed by atoms with Gasteiger partial charge >= 0.3 is 5.97 Å². The van der Waals surface area contributed by atoms with Crippen molar-refractivity contribution < 1.29 is 14.3 Å². The lowest BCUT2D eigenvalue weighted by atomic mass is 9.99. The van der Waals surface area contributed by atoms with Crippen LogP contribution in [0.1, 0.15) is 28.5 Å². The number of aromatic nitrogens is 2. The van der Waals surface area contributed by atoms with Crippen LogP contribution < -0.4 is 0 Å². The topological polar surface area (TPSA) is 64.4 Å². The van der Waals surface area contributed by atoms with E-state index < -0.39 is 12.1 Å². The molecule has 4 rings (SSSR count). The van der Waals surface area contributed by atoms with Crippen LogP contribution in [-0.4, -0.2) is 45.2 Å². The van der Waals surface area contributed by atoms with Crippen molar-refractivity contribution in [3.8, 4) is 5.69 Å². The minimum atomic E-state index is -0.875. The van der Waals surface area contributed by atoms with Gasteiger partial charge in [-0.15, -0.1) is 0 Å². The molecular formula is C23H23N3O3S. The van der Waals surface area contributed by atoms with E-state index in [4.69, 9.17) is 4.74 Å². The summed E-state index contributed by atoms with van der Waals surface area (Å²) in [6, 6.07) is 17.6. The summed E-state index contributed by atoms with van der Waals surface area (Å²) in [7, 11) is 0. The molecule has 0 bridgehead atoms. The molecule has 1 aromatic heterocycles. The highest BCUT2D eigenvalue weighted by Gasteiger charge is 2.28. The number of para-hydroxylation sites is 1. The first-order chi connectivity index (χ1) is 14.6. The molecule has 1 aliphatic heterocycles. The van der Waals surface area contributed by atoms with Crippen LogP contribution >= 0.6 is 11.8 Å². The van der Waals surface area contributed by atoms with Crippen LogP contribution in [0.25, 0.3) is 5.69 Å². The SMILES string of the molecule is CSc1ncc(C(=O)O[C@@H](C)C(=O)N2CCc3ccccc3C2)n1-c1ccccc1. The highest BCUT2D eigenvalue weighted by Crippen LogP contribution is 2.23. The van der Waals surface area contributed by atoms with Crippen molar-refractivity contribution in [1.82, 2.24) is 14.5 Å². The van der Waals surface area contributed by atoms with E-state index in [1.807, 2.05) is 54.8 Å². The highest BCUT2D eigenvalue weighted by molar-refractivity contribution is 7.98. The summed E-state index contributed by atoms with van der Waals surface area (Å²) in [6.45, 7) is 2.78. The fraction of sp³-hybridized carbons (Fsp3) is 0.261. The first-order valence-corrected chi connectivity index (χ1v) is 11.0. The Morgan fingerprint density at radius 3 is 2.50 bits per heavy atom. The van der Waals surface area contributed by atoms with Crippen molar-refractivity contribution in [2.24, 2.45) is 0 Å². The van der Waals surface area contributed by atoms with Crippen molar-refractivity contribution in [3.63, 3.8) is 0 Å². The van der Waals surface area contributed by atoms with E-state index in [1.54, 1.807) is 16.4 Å². The Balaban J connectivity index is 1.49. The number of nitrogens with zero attached hydrogens (tertiary/aromatic N) is 3. The van der Waals surface area contributed by atoms with Gasteiger partial charge in [0.05, 0.1) is 6.20 Å². The first-order valence-electron chi connectivity index (χ1n) is 9.82. The molecule has 0 spiro atoms. The number of benzene rings is 2. The molecule has 0 aliphatic carbocycles. The summed E-state index contributed by atoms with van der Waals surface area (Å²) < 4.78 is 7.31. The maximum atomic E-state index is 12.9. The minimum absolute atomic E-state index is 0.186. The Morgan fingerprint density at radius 1 is 1.07 bits per heavy atom. The van der Waals surface area contributed by atoms with Gasteiger partial charge in [0.25, 0.3) is 5.91 Å². The molecule has 6 nitrogen and oxygen atoms in total. The van der Waals surface area contributed by atoms with Gasteiger partial charge in [0, 0.05) is 18.8 Å². The molecule has 1 aliphatic rings. The molecule has 2 heterocycles. The molecule has 1 atom stereocenters. The number of esters is 1. The van der Waals surface area contributed by atoms with E-state index in [9.17, 15) is 9.59 Å². The zero-order valence-corrected chi connectivity index (χ0v) is 17.8. The molecule has 30 heavy (non-hydrogen) atoms. The summed E-state index contributed by atoms with van der Waals surface area (Å²) in [6.07, 6.45) is 3.33. The van der Waals surface area contributed by atoms with Crippen molar-refractivity contribution in [2.75, 3.05) is 12.8 Å².